The van der Waals surface area contributed by atoms with E-state index in [1.807, 2.05) is 0 Å². The Morgan fingerprint density at radius 1 is 1.10 bits per heavy atom. The monoisotopic (exact) mass is 440 g/mol. The second-order valence-electron chi connectivity index (χ2n) is 6.54. The fourth-order valence-corrected chi connectivity index (χ4v) is 3.51. The molecule has 0 unspecified atom stereocenters. The molecule has 1 N–H and O–H groups in total. The van der Waals surface area contributed by atoms with E-state index in [9.17, 15) is 9.59 Å². The van der Waals surface area contributed by atoms with Crippen molar-refractivity contribution < 1.29 is 19.1 Å². The van der Waals surface area contributed by atoms with E-state index in [-0.39, 0.29) is 11.5 Å². The molecule has 0 saturated carbocycles. The van der Waals surface area contributed by atoms with Gasteiger partial charge in [-0.15, -0.1) is 0 Å². The molecule has 0 bridgehead atoms. The molecule has 4 rings (SSSR count). The molecule has 0 saturated heterocycles. The van der Waals surface area contributed by atoms with Gasteiger partial charge in [0.2, 0.25) is 0 Å². The number of carboxylic acid groups (broad SMARTS) is 1. The van der Waals surface area contributed by atoms with Crippen molar-refractivity contribution in [2.45, 2.75) is 6.92 Å². The van der Waals surface area contributed by atoms with Crippen molar-refractivity contribution in [1.82, 2.24) is 0 Å². The highest BCUT2D eigenvalue weighted by Crippen LogP contribution is 2.32. The van der Waals surface area contributed by atoms with Gasteiger partial charge in [0.25, 0.3) is 5.91 Å². The van der Waals surface area contributed by atoms with Crippen molar-refractivity contribution >= 4 is 52.6 Å². The van der Waals surface area contributed by atoms with E-state index < -0.39 is 5.97 Å². The Hall–Kier alpha value is -3.35. The summed E-state index contributed by atoms with van der Waals surface area (Å²) in [6, 6.07) is 14.5. The van der Waals surface area contributed by atoms with E-state index in [0.717, 1.165) is 0 Å². The van der Waals surface area contributed by atoms with Gasteiger partial charge in [0.15, 0.2) is 0 Å². The van der Waals surface area contributed by atoms with Crippen molar-refractivity contribution in [3.63, 3.8) is 0 Å². The second kappa shape index (κ2) is 7.82. The normalized spacial score (nSPS) is 15.0. The lowest BCUT2D eigenvalue weighted by Gasteiger charge is -2.11. The summed E-state index contributed by atoms with van der Waals surface area (Å²) in [6.45, 7) is 1.72. The molecule has 0 radical (unpaired) electrons. The Morgan fingerprint density at radius 2 is 1.83 bits per heavy atom. The topological polar surface area (TPSA) is 83.1 Å². The van der Waals surface area contributed by atoms with Crippen molar-refractivity contribution in [3.8, 4) is 11.3 Å². The Bertz CT molecular complexity index is 1230. The minimum Gasteiger partial charge on any atom is -0.478 e. The number of carbonyl (C=O) groups is 2. The smallest absolute Gasteiger partial charge is 0.335 e. The number of halogens is 2. The molecule has 8 heteroatoms. The lowest BCUT2D eigenvalue weighted by molar-refractivity contribution is -0.114. The zero-order valence-electron chi connectivity index (χ0n) is 15.6. The van der Waals surface area contributed by atoms with Crippen LogP contribution in [0.2, 0.25) is 10.0 Å². The fourth-order valence-electron chi connectivity index (χ4n) is 3.01. The molecule has 0 aliphatic carbocycles. The first kappa shape index (κ1) is 19.9. The molecule has 6 nitrogen and oxygen atoms in total. The van der Waals surface area contributed by atoms with Gasteiger partial charge in [0, 0.05) is 10.6 Å². The van der Waals surface area contributed by atoms with E-state index in [2.05, 4.69) is 5.10 Å². The Morgan fingerprint density at radius 3 is 2.50 bits per heavy atom. The number of carboxylic acids is 1. The first-order valence-corrected chi connectivity index (χ1v) is 9.59. The van der Waals surface area contributed by atoms with Gasteiger partial charge in [-0.1, -0.05) is 23.2 Å². The van der Waals surface area contributed by atoms with Gasteiger partial charge >= 0.3 is 5.97 Å². The summed E-state index contributed by atoms with van der Waals surface area (Å²) in [5, 5.41) is 15.5. The summed E-state index contributed by atoms with van der Waals surface area (Å²) in [5.74, 6) is -0.358. The molecule has 30 heavy (non-hydrogen) atoms. The summed E-state index contributed by atoms with van der Waals surface area (Å²) < 4.78 is 5.84. The SMILES string of the molecule is CC1=NN(c2ccc(C(=O)O)cc2)C(=O)C1=Cc1ccc(-c2ccc(Cl)cc2Cl)o1. The zero-order chi connectivity index (χ0) is 21.4. The van der Waals surface area contributed by atoms with Crippen LogP contribution in [0.4, 0.5) is 5.69 Å². The molecule has 0 atom stereocenters. The van der Waals surface area contributed by atoms with Gasteiger partial charge in [-0.2, -0.15) is 10.1 Å². The van der Waals surface area contributed by atoms with Crippen LogP contribution < -0.4 is 5.01 Å². The van der Waals surface area contributed by atoms with Gasteiger partial charge in [-0.05, 0) is 67.6 Å². The van der Waals surface area contributed by atoms with Crippen LogP contribution in [0.25, 0.3) is 17.4 Å². The second-order valence-corrected chi connectivity index (χ2v) is 7.38. The predicted octanol–water partition coefficient (Wildman–Crippen LogP) is 5.76. The standard InChI is InChI=1S/C22H14Cl2N2O4/c1-12-18(21(27)26(25-12)15-5-2-13(3-6-15)22(28)29)11-16-7-9-20(30-16)17-8-4-14(23)10-19(17)24/h2-11H,1H3,(H,28,29). The molecule has 0 fully saturated rings. The Labute approximate surface area is 181 Å². The molecule has 2 aromatic carbocycles. The number of carbonyl (C=O) groups excluding carboxylic acids is 1. The zero-order valence-corrected chi connectivity index (χ0v) is 17.1. The van der Waals surface area contributed by atoms with Crippen LogP contribution in [0, 0.1) is 0 Å². The highest BCUT2D eigenvalue weighted by Gasteiger charge is 2.29. The Kier molecular flexibility index (Phi) is 5.20. The quantitative estimate of drug-likeness (QED) is 0.522. The lowest BCUT2D eigenvalue weighted by atomic mass is 10.1. The van der Waals surface area contributed by atoms with Gasteiger partial charge < -0.3 is 9.52 Å². The van der Waals surface area contributed by atoms with E-state index >= 15 is 0 Å². The number of hydrogen-bond acceptors (Lipinski definition) is 4. The number of benzene rings is 2. The maximum absolute atomic E-state index is 12.9. The Balaban J connectivity index is 1.60. The number of hydrogen-bond donors (Lipinski definition) is 1. The van der Waals surface area contributed by atoms with Gasteiger partial charge in [0.05, 0.1) is 27.6 Å². The molecule has 1 aliphatic rings. The van der Waals surface area contributed by atoms with Crippen LogP contribution in [0.3, 0.4) is 0 Å². The lowest BCUT2D eigenvalue weighted by Crippen LogP contribution is -2.21. The van der Waals surface area contributed by atoms with E-state index in [0.29, 0.717) is 44.1 Å². The summed E-state index contributed by atoms with van der Waals surface area (Å²) in [5.41, 5.74) is 2.19. The molecule has 150 valence electrons. The third-order valence-corrected chi connectivity index (χ3v) is 5.08. The summed E-state index contributed by atoms with van der Waals surface area (Å²) >= 11 is 12.2. The van der Waals surface area contributed by atoms with Crippen LogP contribution in [0.15, 0.2) is 69.7 Å². The van der Waals surface area contributed by atoms with Crippen molar-refractivity contribution in [2.75, 3.05) is 5.01 Å². The first-order chi connectivity index (χ1) is 14.3. The van der Waals surface area contributed by atoms with Gasteiger partial charge in [-0.25, -0.2) is 4.79 Å². The summed E-state index contributed by atoms with van der Waals surface area (Å²) in [7, 11) is 0. The molecular weight excluding hydrogens is 427 g/mol. The van der Waals surface area contributed by atoms with Crippen LogP contribution in [-0.4, -0.2) is 22.7 Å². The van der Waals surface area contributed by atoms with Gasteiger partial charge in [-0.3, -0.25) is 4.79 Å². The van der Waals surface area contributed by atoms with Crippen LogP contribution in [0.1, 0.15) is 23.0 Å². The molecular formula is C22H14Cl2N2O4. The molecule has 1 aliphatic heterocycles. The average Bonchev–Trinajstić information content (AvgIpc) is 3.28. The molecule has 2 heterocycles. The summed E-state index contributed by atoms with van der Waals surface area (Å²) in [4.78, 5) is 23.9. The highest BCUT2D eigenvalue weighted by atomic mass is 35.5. The molecule has 3 aromatic rings. The van der Waals surface area contributed by atoms with Crippen molar-refractivity contribution in [1.29, 1.82) is 0 Å². The maximum Gasteiger partial charge on any atom is 0.335 e. The first-order valence-electron chi connectivity index (χ1n) is 8.84. The molecule has 1 aromatic heterocycles. The number of nitrogens with zero attached hydrogens (tertiary/aromatic N) is 2. The number of amides is 1. The number of hydrazone groups is 1. The number of aromatic carboxylic acids is 1. The fraction of sp³-hybridized carbons (Fsp3) is 0.0455. The number of rotatable bonds is 4. The van der Waals surface area contributed by atoms with Crippen molar-refractivity contribution in [3.05, 3.63) is 81.5 Å². The van der Waals surface area contributed by atoms with E-state index in [4.69, 9.17) is 32.7 Å². The third kappa shape index (κ3) is 3.75. The largest absolute Gasteiger partial charge is 0.478 e. The van der Waals surface area contributed by atoms with Crippen LogP contribution >= 0.6 is 23.2 Å². The minimum absolute atomic E-state index is 0.130. The van der Waals surface area contributed by atoms with E-state index in [1.165, 1.54) is 29.3 Å². The third-order valence-electron chi connectivity index (χ3n) is 4.53. The van der Waals surface area contributed by atoms with Crippen LogP contribution in [-0.2, 0) is 4.79 Å². The van der Waals surface area contributed by atoms with Gasteiger partial charge in [0.1, 0.15) is 11.5 Å². The number of anilines is 1. The maximum atomic E-state index is 12.9. The highest BCUT2D eigenvalue weighted by molar-refractivity contribution is 6.36. The van der Waals surface area contributed by atoms with E-state index in [1.54, 1.807) is 43.3 Å². The minimum atomic E-state index is -1.04. The van der Waals surface area contributed by atoms with Crippen LogP contribution in [0.5, 0.6) is 0 Å². The molecule has 1 amide bonds. The molecule has 0 spiro atoms. The van der Waals surface area contributed by atoms with Crippen molar-refractivity contribution in [2.24, 2.45) is 5.10 Å². The summed E-state index contributed by atoms with van der Waals surface area (Å²) in [6.07, 6.45) is 1.61. The predicted molar refractivity (Wildman–Crippen MR) is 116 cm³/mol. The number of furan rings is 1. The average molecular weight is 441 g/mol.